The molecule has 0 radical (unpaired) electrons. The Morgan fingerprint density at radius 1 is 1.50 bits per heavy atom. The van der Waals surface area contributed by atoms with E-state index < -0.39 is 0 Å². The van der Waals surface area contributed by atoms with E-state index in [0.717, 1.165) is 11.4 Å². The maximum Gasteiger partial charge on any atom is 0.0409 e. The summed E-state index contributed by atoms with van der Waals surface area (Å²) in [5, 5.41) is 5.37. The zero-order valence-electron chi connectivity index (χ0n) is 11.2. The molecule has 0 aromatic heterocycles. The summed E-state index contributed by atoms with van der Waals surface area (Å²) in [6.45, 7) is 4.57. The van der Waals surface area contributed by atoms with Crippen LogP contribution in [0.2, 0.25) is 5.02 Å². The van der Waals surface area contributed by atoms with Crippen LogP contribution in [-0.4, -0.2) is 17.0 Å². The monoisotopic (exact) mass is 283 g/mol. The maximum atomic E-state index is 6.09. The molecule has 1 aliphatic rings. The number of hydrogen-bond acceptors (Lipinski definition) is 2. The fourth-order valence-electron chi connectivity index (χ4n) is 2.57. The Morgan fingerprint density at radius 2 is 2.33 bits per heavy atom. The van der Waals surface area contributed by atoms with Gasteiger partial charge in [-0.2, -0.15) is 11.8 Å². The highest BCUT2D eigenvalue weighted by Crippen LogP contribution is 2.28. The first-order valence-electron chi connectivity index (χ1n) is 6.84. The van der Waals surface area contributed by atoms with Crippen LogP contribution in [0.25, 0.3) is 0 Å². The lowest BCUT2D eigenvalue weighted by molar-refractivity contribution is 0.395. The van der Waals surface area contributed by atoms with Gasteiger partial charge in [-0.3, -0.25) is 0 Å². The normalized spacial score (nSPS) is 25.9. The highest BCUT2D eigenvalue weighted by molar-refractivity contribution is 7.99. The molecular weight excluding hydrogens is 262 g/mol. The SMILES string of the molecule is CCC(NC1CCCSC1C)c1cccc(Cl)c1. The van der Waals surface area contributed by atoms with Crippen molar-refractivity contribution < 1.29 is 0 Å². The highest BCUT2D eigenvalue weighted by Gasteiger charge is 2.24. The van der Waals surface area contributed by atoms with Crippen LogP contribution in [0, 0.1) is 0 Å². The van der Waals surface area contributed by atoms with Gasteiger partial charge in [-0.1, -0.05) is 37.6 Å². The summed E-state index contributed by atoms with van der Waals surface area (Å²) in [6, 6.07) is 9.30. The lowest BCUT2D eigenvalue weighted by Crippen LogP contribution is -2.41. The molecule has 1 nitrogen and oxygen atoms in total. The molecule has 3 atom stereocenters. The standard InChI is InChI=1S/C15H22ClNS/c1-3-14(12-6-4-7-13(16)10-12)17-15-8-5-9-18-11(15)2/h4,6-7,10-11,14-15,17H,3,5,8-9H2,1-2H3. The average molecular weight is 284 g/mol. The summed E-state index contributed by atoms with van der Waals surface area (Å²) in [4.78, 5) is 0. The van der Waals surface area contributed by atoms with E-state index in [4.69, 9.17) is 11.6 Å². The number of hydrogen-bond donors (Lipinski definition) is 1. The first-order chi connectivity index (χ1) is 8.70. The zero-order chi connectivity index (χ0) is 13.0. The van der Waals surface area contributed by atoms with Crippen molar-refractivity contribution in [3.05, 3.63) is 34.9 Å². The van der Waals surface area contributed by atoms with Gasteiger partial charge in [0.15, 0.2) is 0 Å². The Morgan fingerprint density at radius 3 is 3.00 bits per heavy atom. The minimum atomic E-state index is 0.426. The van der Waals surface area contributed by atoms with Crippen LogP contribution in [0.1, 0.15) is 44.7 Å². The smallest absolute Gasteiger partial charge is 0.0409 e. The molecule has 1 N–H and O–H groups in total. The van der Waals surface area contributed by atoms with E-state index in [1.807, 2.05) is 12.1 Å². The van der Waals surface area contributed by atoms with Crippen LogP contribution in [0.3, 0.4) is 0 Å². The topological polar surface area (TPSA) is 12.0 Å². The van der Waals surface area contributed by atoms with E-state index in [1.54, 1.807) is 0 Å². The van der Waals surface area contributed by atoms with Crippen LogP contribution in [0.4, 0.5) is 0 Å². The van der Waals surface area contributed by atoms with Gasteiger partial charge in [0.1, 0.15) is 0 Å². The molecule has 0 spiro atoms. The lowest BCUT2D eigenvalue weighted by atomic mass is 10.0. The summed E-state index contributed by atoms with van der Waals surface area (Å²) in [5.74, 6) is 1.31. The fraction of sp³-hybridized carbons (Fsp3) is 0.600. The van der Waals surface area contributed by atoms with E-state index >= 15 is 0 Å². The van der Waals surface area contributed by atoms with Crippen molar-refractivity contribution in [1.82, 2.24) is 5.32 Å². The van der Waals surface area contributed by atoms with Crippen molar-refractivity contribution in [3.63, 3.8) is 0 Å². The lowest BCUT2D eigenvalue weighted by Gasteiger charge is -2.33. The molecule has 1 aromatic rings. The van der Waals surface area contributed by atoms with Crippen molar-refractivity contribution in [2.45, 2.75) is 50.4 Å². The Hall–Kier alpha value is -0.180. The number of nitrogens with one attached hydrogen (secondary N) is 1. The Balaban J connectivity index is 2.04. The fourth-order valence-corrected chi connectivity index (χ4v) is 3.92. The third-order valence-corrected chi connectivity index (χ3v) is 5.30. The van der Waals surface area contributed by atoms with Gasteiger partial charge < -0.3 is 5.32 Å². The largest absolute Gasteiger partial charge is 0.306 e. The Kier molecular flexibility index (Phi) is 5.40. The molecule has 1 fully saturated rings. The first kappa shape index (κ1) is 14.2. The molecule has 0 amide bonds. The molecule has 0 bridgehead atoms. The first-order valence-corrected chi connectivity index (χ1v) is 8.26. The van der Waals surface area contributed by atoms with Crippen molar-refractivity contribution in [2.75, 3.05) is 5.75 Å². The van der Waals surface area contributed by atoms with Crippen LogP contribution in [0.5, 0.6) is 0 Å². The molecule has 100 valence electrons. The number of rotatable bonds is 4. The molecule has 1 aromatic carbocycles. The number of halogens is 1. The summed E-state index contributed by atoms with van der Waals surface area (Å²) >= 11 is 8.17. The van der Waals surface area contributed by atoms with Gasteiger partial charge in [-0.25, -0.2) is 0 Å². The van der Waals surface area contributed by atoms with E-state index in [9.17, 15) is 0 Å². The predicted molar refractivity (Wildman–Crippen MR) is 82.6 cm³/mol. The van der Waals surface area contributed by atoms with Crippen molar-refractivity contribution in [3.8, 4) is 0 Å². The summed E-state index contributed by atoms with van der Waals surface area (Å²) in [5.41, 5.74) is 1.31. The van der Waals surface area contributed by atoms with Gasteiger partial charge >= 0.3 is 0 Å². The van der Waals surface area contributed by atoms with E-state index in [-0.39, 0.29) is 0 Å². The number of thioether (sulfide) groups is 1. The van der Waals surface area contributed by atoms with Gasteiger partial charge in [0, 0.05) is 22.4 Å². The minimum absolute atomic E-state index is 0.426. The molecule has 1 heterocycles. The molecule has 0 saturated carbocycles. The zero-order valence-corrected chi connectivity index (χ0v) is 12.7. The second-order valence-electron chi connectivity index (χ2n) is 5.01. The average Bonchev–Trinajstić information content (AvgIpc) is 2.38. The molecule has 1 aliphatic heterocycles. The molecule has 1 saturated heterocycles. The molecule has 0 aliphatic carbocycles. The Bertz CT molecular complexity index is 383. The summed E-state index contributed by atoms with van der Waals surface area (Å²) in [6.07, 6.45) is 3.73. The second-order valence-corrected chi connectivity index (χ2v) is 6.93. The maximum absolute atomic E-state index is 6.09. The van der Waals surface area contributed by atoms with Crippen molar-refractivity contribution in [2.24, 2.45) is 0 Å². The van der Waals surface area contributed by atoms with Crippen LogP contribution in [-0.2, 0) is 0 Å². The quantitative estimate of drug-likeness (QED) is 0.862. The van der Waals surface area contributed by atoms with Gasteiger partial charge in [0.2, 0.25) is 0 Å². The predicted octanol–water partition coefficient (Wildman–Crippen LogP) is 4.66. The minimum Gasteiger partial charge on any atom is -0.306 e. The second kappa shape index (κ2) is 6.83. The third kappa shape index (κ3) is 3.66. The van der Waals surface area contributed by atoms with Gasteiger partial charge in [0.25, 0.3) is 0 Å². The van der Waals surface area contributed by atoms with Gasteiger partial charge in [-0.15, -0.1) is 0 Å². The summed E-state index contributed by atoms with van der Waals surface area (Å²) < 4.78 is 0. The molecule has 3 heteroatoms. The third-order valence-electron chi connectivity index (χ3n) is 3.68. The summed E-state index contributed by atoms with van der Waals surface area (Å²) in [7, 11) is 0. The van der Waals surface area contributed by atoms with E-state index in [1.165, 1.54) is 24.2 Å². The highest BCUT2D eigenvalue weighted by atomic mass is 35.5. The van der Waals surface area contributed by atoms with E-state index in [2.05, 4.69) is 43.1 Å². The van der Waals surface area contributed by atoms with Crippen LogP contribution in [0.15, 0.2) is 24.3 Å². The molecule has 18 heavy (non-hydrogen) atoms. The van der Waals surface area contributed by atoms with Crippen LogP contribution >= 0.6 is 23.4 Å². The number of benzene rings is 1. The molecular formula is C15H22ClNS. The van der Waals surface area contributed by atoms with Gasteiger partial charge in [-0.05, 0) is 42.7 Å². The Labute approximate surface area is 120 Å². The molecule has 3 unspecified atom stereocenters. The van der Waals surface area contributed by atoms with Crippen LogP contribution < -0.4 is 5.32 Å². The van der Waals surface area contributed by atoms with Crippen molar-refractivity contribution in [1.29, 1.82) is 0 Å². The molecule has 2 rings (SSSR count). The van der Waals surface area contributed by atoms with Crippen molar-refractivity contribution >= 4 is 23.4 Å². The van der Waals surface area contributed by atoms with E-state index in [0.29, 0.717) is 17.3 Å². The van der Waals surface area contributed by atoms with Gasteiger partial charge in [0.05, 0.1) is 0 Å².